The molecule has 3 nitrogen and oxygen atoms in total. The number of rotatable bonds is 7. The van der Waals surface area contributed by atoms with Gasteiger partial charge in [-0.05, 0) is 50.8 Å². The van der Waals surface area contributed by atoms with Gasteiger partial charge in [0.15, 0.2) is 0 Å². The predicted octanol–water partition coefficient (Wildman–Crippen LogP) is 3.41. The van der Waals surface area contributed by atoms with Gasteiger partial charge in [0.2, 0.25) is 5.91 Å². The molecule has 1 aliphatic rings. The molecule has 2 heterocycles. The van der Waals surface area contributed by atoms with E-state index in [9.17, 15) is 4.79 Å². The van der Waals surface area contributed by atoms with Gasteiger partial charge in [-0.2, -0.15) is 11.8 Å². The number of carbonyl (C=O) groups is 1. The number of unbranched alkanes of at least 4 members (excludes halogenated alkanes) is 2. The first-order valence-electron chi connectivity index (χ1n) is 7.25. The smallest absolute Gasteiger partial charge is 0.241 e. The first kappa shape index (κ1) is 15.9. The zero-order valence-electron chi connectivity index (χ0n) is 12.5. The lowest BCUT2D eigenvalue weighted by atomic mass is 10.2. The Hall–Kier alpha value is -0.520. The number of carbonyl (C=O) groups excluding carboxylic acids is 1. The molecule has 1 aromatic heterocycles. The SMILES string of the molecule is CSCCCCCN1C(=O)C(C)NC1c1ccc(C)s1. The van der Waals surface area contributed by atoms with Crippen LogP contribution in [0.4, 0.5) is 0 Å². The van der Waals surface area contributed by atoms with Gasteiger partial charge in [0.05, 0.1) is 6.04 Å². The largest absolute Gasteiger partial charge is 0.321 e. The first-order chi connectivity index (χ1) is 9.63. The van der Waals surface area contributed by atoms with Gasteiger partial charge in [0.1, 0.15) is 6.17 Å². The van der Waals surface area contributed by atoms with Crippen LogP contribution in [0, 0.1) is 6.92 Å². The van der Waals surface area contributed by atoms with Crippen LogP contribution in [-0.4, -0.2) is 35.4 Å². The molecule has 1 saturated heterocycles. The number of hydrogen-bond acceptors (Lipinski definition) is 4. The van der Waals surface area contributed by atoms with Crippen molar-refractivity contribution in [2.75, 3.05) is 18.6 Å². The Bertz CT molecular complexity index is 447. The van der Waals surface area contributed by atoms with Crippen LogP contribution in [-0.2, 0) is 4.79 Å². The molecular formula is C15H24N2OS2. The summed E-state index contributed by atoms with van der Waals surface area (Å²) < 4.78 is 0. The number of thiophene rings is 1. The molecule has 20 heavy (non-hydrogen) atoms. The Morgan fingerprint density at radius 1 is 1.35 bits per heavy atom. The van der Waals surface area contributed by atoms with Gasteiger partial charge in [0, 0.05) is 16.3 Å². The quantitative estimate of drug-likeness (QED) is 0.783. The van der Waals surface area contributed by atoms with E-state index in [1.54, 1.807) is 11.3 Å². The van der Waals surface area contributed by atoms with Crippen molar-refractivity contribution < 1.29 is 4.79 Å². The topological polar surface area (TPSA) is 32.3 Å². The summed E-state index contributed by atoms with van der Waals surface area (Å²) in [5.41, 5.74) is 0. The second-order valence-corrected chi connectivity index (χ2v) is 7.63. The van der Waals surface area contributed by atoms with Crippen LogP contribution in [0.3, 0.4) is 0 Å². The monoisotopic (exact) mass is 312 g/mol. The van der Waals surface area contributed by atoms with Gasteiger partial charge < -0.3 is 4.90 Å². The third kappa shape index (κ3) is 3.77. The summed E-state index contributed by atoms with van der Waals surface area (Å²) in [7, 11) is 0. The number of aryl methyl sites for hydroxylation is 1. The van der Waals surface area contributed by atoms with E-state index in [1.807, 2.05) is 23.6 Å². The standard InChI is InChI=1S/C15H24N2OS2/c1-11-7-8-13(20-11)14-16-12(2)15(18)17(14)9-5-4-6-10-19-3/h7-8,12,14,16H,4-6,9-10H2,1-3H3. The molecule has 0 radical (unpaired) electrons. The Balaban J connectivity index is 1.94. The molecule has 0 bridgehead atoms. The van der Waals surface area contributed by atoms with Crippen molar-refractivity contribution in [3.63, 3.8) is 0 Å². The molecule has 2 atom stereocenters. The summed E-state index contributed by atoms with van der Waals surface area (Å²) in [6.07, 6.45) is 5.77. The van der Waals surface area contributed by atoms with E-state index in [0.29, 0.717) is 0 Å². The maximum Gasteiger partial charge on any atom is 0.241 e. The van der Waals surface area contributed by atoms with Crippen molar-refractivity contribution in [1.82, 2.24) is 10.2 Å². The lowest BCUT2D eigenvalue weighted by Crippen LogP contribution is -2.31. The molecule has 1 fully saturated rings. The minimum atomic E-state index is -0.0615. The van der Waals surface area contributed by atoms with E-state index in [-0.39, 0.29) is 18.1 Å². The van der Waals surface area contributed by atoms with Gasteiger partial charge >= 0.3 is 0 Å². The lowest BCUT2D eigenvalue weighted by Gasteiger charge is -2.23. The van der Waals surface area contributed by atoms with E-state index >= 15 is 0 Å². The molecule has 112 valence electrons. The zero-order valence-corrected chi connectivity index (χ0v) is 14.1. The second kappa shape index (κ2) is 7.48. The average Bonchev–Trinajstić information content (AvgIpc) is 2.96. The third-order valence-electron chi connectivity index (χ3n) is 3.65. The number of hydrogen-bond donors (Lipinski definition) is 1. The fourth-order valence-electron chi connectivity index (χ4n) is 2.55. The van der Waals surface area contributed by atoms with E-state index < -0.39 is 0 Å². The van der Waals surface area contributed by atoms with Gasteiger partial charge in [-0.15, -0.1) is 11.3 Å². The summed E-state index contributed by atoms with van der Waals surface area (Å²) in [5.74, 6) is 1.46. The molecule has 0 saturated carbocycles. The van der Waals surface area contributed by atoms with Crippen molar-refractivity contribution in [1.29, 1.82) is 0 Å². The fourth-order valence-corrected chi connectivity index (χ4v) is 4.00. The average molecular weight is 313 g/mol. The highest BCUT2D eigenvalue weighted by atomic mass is 32.2. The summed E-state index contributed by atoms with van der Waals surface area (Å²) in [5, 5.41) is 3.42. The van der Waals surface area contributed by atoms with Gasteiger partial charge in [-0.3, -0.25) is 10.1 Å². The minimum absolute atomic E-state index is 0.0615. The minimum Gasteiger partial charge on any atom is -0.321 e. The Morgan fingerprint density at radius 3 is 2.80 bits per heavy atom. The van der Waals surface area contributed by atoms with Crippen LogP contribution in [0.25, 0.3) is 0 Å². The third-order valence-corrected chi connectivity index (χ3v) is 5.40. The molecule has 2 unspecified atom stereocenters. The highest BCUT2D eigenvalue weighted by Gasteiger charge is 2.37. The van der Waals surface area contributed by atoms with Crippen molar-refractivity contribution >= 4 is 29.0 Å². The Morgan fingerprint density at radius 2 is 2.15 bits per heavy atom. The molecular weight excluding hydrogens is 288 g/mol. The maximum atomic E-state index is 12.3. The van der Waals surface area contributed by atoms with Gasteiger partial charge in [-0.1, -0.05) is 6.42 Å². The molecule has 5 heteroatoms. The Labute approximate surface area is 130 Å². The molecule has 1 aliphatic heterocycles. The van der Waals surface area contributed by atoms with E-state index in [1.165, 1.54) is 28.3 Å². The Kier molecular flexibility index (Phi) is 5.93. The van der Waals surface area contributed by atoms with Gasteiger partial charge in [0.25, 0.3) is 0 Å². The normalized spacial score (nSPS) is 22.8. The van der Waals surface area contributed by atoms with Crippen molar-refractivity contribution in [2.45, 2.75) is 45.3 Å². The van der Waals surface area contributed by atoms with E-state index in [4.69, 9.17) is 0 Å². The summed E-state index contributed by atoms with van der Waals surface area (Å²) in [4.78, 5) is 16.9. The molecule has 0 aromatic carbocycles. The highest BCUT2D eigenvalue weighted by Crippen LogP contribution is 2.30. The van der Waals surface area contributed by atoms with Crippen LogP contribution >= 0.6 is 23.1 Å². The highest BCUT2D eigenvalue weighted by molar-refractivity contribution is 7.98. The zero-order chi connectivity index (χ0) is 14.5. The number of thioether (sulfide) groups is 1. The van der Waals surface area contributed by atoms with Crippen molar-refractivity contribution in [2.24, 2.45) is 0 Å². The van der Waals surface area contributed by atoms with E-state index in [2.05, 4.69) is 30.6 Å². The van der Waals surface area contributed by atoms with E-state index in [0.717, 1.165) is 13.0 Å². The second-order valence-electron chi connectivity index (χ2n) is 5.32. The maximum absolute atomic E-state index is 12.3. The molecule has 2 rings (SSSR count). The van der Waals surface area contributed by atoms with Crippen LogP contribution in [0.5, 0.6) is 0 Å². The first-order valence-corrected chi connectivity index (χ1v) is 9.46. The number of nitrogens with one attached hydrogen (secondary N) is 1. The van der Waals surface area contributed by atoms with Gasteiger partial charge in [-0.25, -0.2) is 0 Å². The number of amides is 1. The van der Waals surface area contributed by atoms with Crippen LogP contribution < -0.4 is 5.32 Å². The van der Waals surface area contributed by atoms with Crippen LogP contribution in [0.2, 0.25) is 0 Å². The summed E-state index contributed by atoms with van der Waals surface area (Å²) >= 11 is 3.67. The predicted molar refractivity (Wildman–Crippen MR) is 88.3 cm³/mol. The molecule has 0 aliphatic carbocycles. The van der Waals surface area contributed by atoms with Crippen molar-refractivity contribution in [3.8, 4) is 0 Å². The van der Waals surface area contributed by atoms with Crippen LogP contribution in [0.15, 0.2) is 12.1 Å². The molecule has 1 amide bonds. The molecule has 1 N–H and O–H groups in total. The fraction of sp³-hybridized carbons (Fsp3) is 0.667. The van der Waals surface area contributed by atoms with Crippen LogP contribution in [0.1, 0.15) is 42.1 Å². The lowest BCUT2D eigenvalue weighted by molar-refractivity contribution is -0.129. The van der Waals surface area contributed by atoms with Crippen molar-refractivity contribution in [3.05, 3.63) is 21.9 Å². The molecule has 0 spiro atoms. The summed E-state index contributed by atoms with van der Waals surface area (Å²) in [6, 6.07) is 4.21. The molecule has 1 aromatic rings. The summed E-state index contributed by atoms with van der Waals surface area (Å²) in [6.45, 7) is 4.94. The number of nitrogens with zero attached hydrogens (tertiary/aromatic N) is 1.